The van der Waals surface area contributed by atoms with Crippen molar-refractivity contribution in [3.05, 3.63) is 83.4 Å². The van der Waals surface area contributed by atoms with Crippen LogP contribution in [0.5, 0.6) is 0 Å². The Bertz CT molecular complexity index is 2440. The Labute approximate surface area is 435 Å². The molecule has 5 atom stereocenters. The van der Waals surface area contributed by atoms with Gasteiger partial charge in [-0.05, 0) is 72.2 Å². The molecule has 0 radical (unpaired) electrons. The lowest BCUT2D eigenvalue weighted by Crippen LogP contribution is -2.66. The van der Waals surface area contributed by atoms with Crippen LogP contribution in [0.15, 0.2) is 60.9 Å². The normalized spacial score (nSPS) is 19.0. The van der Waals surface area contributed by atoms with Crippen LogP contribution in [-0.4, -0.2) is 149 Å². The molecule has 1 aromatic heterocycles. The first-order valence-electron chi connectivity index (χ1n) is 25.9. The van der Waals surface area contributed by atoms with Gasteiger partial charge < -0.3 is 59.5 Å². The Morgan fingerprint density at radius 1 is 0.740 bits per heavy atom. The van der Waals surface area contributed by atoms with Gasteiger partial charge in [-0.15, -0.1) is 0 Å². The Balaban J connectivity index is 1.19. The van der Waals surface area contributed by atoms with Crippen molar-refractivity contribution in [2.24, 2.45) is 11.8 Å². The van der Waals surface area contributed by atoms with Gasteiger partial charge >= 0.3 is 12.2 Å². The number of hydrogen-bond acceptors (Lipinski definition) is 12. The number of alkyl carbamates (subject to hydrolysis) is 2. The third-order valence-corrected chi connectivity index (χ3v) is 17.0. The van der Waals surface area contributed by atoms with Crippen LogP contribution >= 0.6 is 0 Å². The molecule has 73 heavy (non-hydrogen) atoms. The number of amides is 4. The predicted molar refractivity (Wildman–Crippen MR) is 290 cm³/mol. The fourth-order valence-corrected chi connectivity index (χ4v) is 10.7. The molecule has 0 bridgehead atoms. The number of imidazole rings is 1. The molecule has 3 aromatic rings. The Morgan fingerprint density at radius 2 is 1.27 bits per heavy atom. The molecule has 5 unspecified atom stereocenters. The molecule has 4 N–H and O–H groups in total. The standard InChI is InChI=1S/C54H81N9O8Si2/c1-37(2)47(58-53(66)68-5)51(64)61-26-13-14-44(61)49-56-33-45(63(49)36-71-29-31-73(10,11)12)42-23-19-40(20-24-42)16-15-39-17-21-41(22-18-39)43-34-60(35-70-28-30-72(7,8)9)50(57-43)46-32-55-25-27-62(46)52(65)48(38(3)4)59-54(67)69-6/h17-24,33-34,37-38,44,46-48,50,55,57H,13-14,25-32,35-36H2,1-12H3,(H,58,66)(H,59,67). The van der Waals surface area contributed by atoms with Crippen molar-refractivity contribution < 1.29 is 38.1 Å². The third kappa shape index (κ3) is 15.4. The molecule has 398 valence electrons. The smallest absolute Gasteiger partial charge is 0.407 e. The van der Waals surface area contributed by atoms with E-state index in [-0.39, 0.29) is 41.9 Å². The minimum atomic E-state index is -1.34. The quantitative estimate of drug-likeness (QED) is 0.0504. The first-order valence-corrected chi connectivity index (χ1v) is 33.3. The zero-order valence-corrected chi connectivity index (χ0v) is 47.3. The Kier molecular flexibility index (Phi) is 19.8. The third-order valence-electron chi connectivity index (χ3n) is 13.6. The number of ether oxygens (including phenoxy) is 4. The fourth-order valence-electron chi connectivity index (χ4n) is 9.16. The van der Waals surface area contributed by atoms with Gasteiger partial charge in [0.15, 0.2) is 0 Å². The van der Waals surface area contributed by atoms with Crippen LogP contribution < -0.4 is 21.3 Å². The van der Waals surface area contributed by atoms with Crippen molar-refractivity contribution in [2.45, 2.75) is 129 Å². The van der Waals surface area contributed by atoms with Crippen LogP contribution in [0.25, 0.3) is 17.0 Å². The number of nitrogens with zero attached hydrogens (tertiary/aromatic N) is 5. The second kappa shape index (κ2) is 25.5. The second-order valence-electron chi connectivity index (χ2n) is 22.4. The van der Waals surface area contributed by atoms with E-state index in [2.05, 4.69) is 100 Å². The van der Waals surface area contributed by atoms with Crippen LogP contribution in [0, 0.1) is 23.7 Å². The minimum Gasteiger partial charge on any atom is -0.453 e. The highest BCUT2D eigenvalue weighted by Gasteiger charge is 2.42. The second-order valence-corrected chi connectivity index (χ2v) is 33.6. The summed E-state index contributed by atoms with van der Waals surface area (Å²) in [5, 5.41) is 12.7. The molecule has 3 aliphatic rings. The van der Waals surface area contributed by atoms with Gasteiger partial charge in [0, 0.05) is 72.9 Å². The number of benzene rings is 2. The van der Waals surface area contributed by atoms with Crippen LogP contribution in [0.4, 0.5) is 9.59 Å². The number of methoxy groups -OCH3 is 2. The van der Waals surface area contributed by atoms with E-state index in [0.29, 0.717) is 52.9 Å². The maximum absolute atomic E-state index is 14.2. The van der Waals surface area contributed by atoms with E-state index < -0.39 is 40.4 Å². The molecule has 2 aromatic carbocycles. The first-order chi connectivity index (χ1) is 34.7. The van der Waals surface area contributed by atoms with Gasteiger partial charge in [-0.1, -0.05) is 103 Å². The number of likely N-dealkylation sites (tertiary alicyclic amines) is 1. The van der Waals surface area contributed by atoms with E-state index in [1.807, 2.05) is 80.1 Å². The SMILES string of the molecule is COC(=O)NC(C(=O)N1CCCC1c1ncc(-c2ccc(C#Cc3ccc(C4=CN(COCC[Si](C)(C)C)C(C5CNCCN5C(=O)C(NC(=O)OC)C(C)C)N4)cc3)cc2)n1COCC[Si](C)(C)C)C(C)C. The van der Waals surface area contributed by atoms with Gasteiger partial charge in [0.2, 0.25) is 11.8 Å². The van der Waals surface area contributed by atoms with Gasteiger partial charge in [0.05, 0.1) is 43.9 Å². The molecular weight excluding hydrogens is 959 g/mol. The number of piperazine rings is 1. The maximum Gasteiger partial charge on any atom is 0.407 e. The van der Waals surface area contributed by atoms with E-state index in [1.54, 1.807) is 0 Å². The summed E-state index contributed by atoms with van der Waals surface area (Å²) in [5.41, 5.74) is 5.42. The van der Waals surface area contributed by atoms with Crippen LogP contribution in [0.3, 0.4) is 0 Å². The van der Waals surface area contributed by atoms with E-state index in [4.69, 9.17) is 23.9 Å². The highest BCUT2D eigenvalue weighted by Crippen LogP contribution is 2.35. The lowest BCUT2D eigenvalue weighted by atomic mass is 10.0. The molecule has 19 heteroatoms. The lowest BCUT2D eigenvalue weighted by molar-refractivity contribution is -0.140. The Hall–Kier alpha value is -5.66. The van der Waals surface area contributed by atoms with E-state index >= 15 is 0 Å². The zero-order chi connectivity index (χ0) is 53.0. The number of carbonyl (C=O) groups is 4. The summed E-state index contributed by atoms with van der Waals surface area (Å²) in [6.45, 7) is 25.8. The molecule has 4 heterocycles. The summed E-state index contributed by atoms with van der Waals surface area (Å²) in [4.78, 5) is 63.6. The molecule has 4 amide bonds. The van der Waals surface area contributed by atoms with E-state index in [9.17, 15) is 19.2 Å². The average molecular weight is 1040 g/mol. The average Bonchev–Trinajstić information content (AvgIpc) is 4.13. The topological polar surface area (TPSA) is 181 Å². The highest BCUT2D eigenvalue weighted by atomic mass is 28.3. The number of hydrogen-bond donors (Lipinski definition) is 4. The van der Waals surface area contributed by atoms with Gasteiger partial charge in [-0.2, -0.15) is 0 Å². The van der Waals surface area contributed by atoms with E-state index in [1.165, 1.54) is 14.2 Å². The largest absolute Gasteiger partial charge is 0.453 e. The molecular formula is C54H81N9O8Si2. The lowest BCUT2D eigenvalue weighted by Gasteiger charge is -2.44. The molecule has 0 spiro atoms. The zero-order valence-electron chi connectivity index (χ0n) is 45.3. The van der Waals surface area contributed by atoms with Crippen LogP contribution in [0.1, 0.15) is 69.1 Å². The van der Waals surface area contributed by atoms with Gasteiger partial charge in [-0.25, -0.2) is 14.6 Å². The van der Waals surface area contributed by atoms with Crippen molar-refractivity contribution >= 4 is 45.8 Å². The van der Waals surface area contributed by atoms with E-state index in [0.717, 1.165) is 64.4 Å². The Morgan fingerprint density at radius 3 is 1.81 bits per heavy atom. The number of carbonyl (C=O) groups excluding carboxylic acids is 4. The van der Waals surface area contributed by atoms with Crippen LogP contribution in [-0.2, 0) is 35.3 Å². The monoisotopic (exact) mass is 1040 g/mol. The molecule has 6 rings (SSSR count). The number of nitrogens with one attached hydrogen (secondary N) is 4. The van der Waals surface area contributed by atoms with Gasteiger partial charge in [0.1, 0.15) is 37.5 Å². The molecule has 17 nitrogen and oxygen atoms in total. The summed E-state index contributed by atoms with van der Waals surface area (Å²) in [5.74, 6) is 6.85. The van der Waals surface area contributed by atoms with Crippen molar-refractivity contribution in [3.63, 3.8) is 0 Å². The summed E-state index contributed by atoms with van der Waals surface area (Å²) >= 11 is 0. The van der Waals surface area contributed by atoms with Gasteiger partial charge in [-0.3, -0.25) is 9.59 Å². The number of rotatable bonds is 20. The first kappa shape index (κ1) is 56.6. The van der Waals surface area contributed by atoms with Crippen molar-refractivity contribution in [3.8, 4) is 23.1 Å². The molecule has 0 saturated carbocycles. The molecule has 2 fully saturated rings. The highest BCUT2D eigenvalue weighted by molar-refractivity contribution is 6.76. The fraction of sp³-hybridized carbons (Fsp3) is 0.574. The van der Waals surface area contributed by atoms with Crippen molar-refractivity contribution in [1.29, 1.82) is 0 Å². The molecule has 0 aliphatic carbocycles. The molecule has 2 saturated heterocycles. The maximum atomic E-state index is 14.2. The van der Waals surface area contributed by atoms with Crippen LogP contribution in [0.2, 0.25) is 51.4 Å². The van der Waals surface area contributed by atoms with Gasteiger partial charge in [0.25, 0.3) is 0 Å². The van der Waals surface area contributed by atoms with Crippen molar-refractivity contribution in [2.75, 3.05) is 60.3 Å². The number of aromatic nitrogens is 2. The minimum absolute atomic E-state index is 0.142. The summed E-state index contributed by atoms with van der Waals surface area (Å²) in [6.07, 6.45) is 3.94. The summed E-state index contributed by atoms with van der Waals surface area (Å²) in [7, 11) is -0.0591. The summed E-state index contributed by atoms with van der Waals surface area (Å²) < 4.78 is 24.4. The van der Waals surface area contributed by atoms with Crippen molar-refractivity contribution in [1.82, 2.24) is 45.5 Å². The summed E-state index contributed by atoms with van der Waals surface area (Å²) in [6, 6.07) is 16.3. The predicted octanol–water partition coefficient (Wildman–Crippen LogP) is 7.33. The molecule has 3 aliphatic heterocycles.